The van der Waals surface area contributed by atoms with Crippen LogP contribution in [0.2, 0.25) is 0 Å². The molecule has 0 unspecified atom stereocenters. The van der Waals surface area contributed by atoms with Crippen LogP contribution in [0.3, 0.4) is 0 Å². The average Bonchev–Trinajstić information content (AvgIpc) is 3.83. The topological polar surface area (TPSA) is 8.17 Å². The van der Waals surface area contributed by atoms with Crippen molar-refractivity contribution in [2.75, 3.05) is 4.90 Å². The Morgan fingerprint density at radius 3 is 1.49 bits per heavy atom. The van der Waals surface area contributed by atoms with Crippen molar-refractivity contribution in [2.45, 2.75) is 0 Å². The lowest BCUT2D eigenvalue weighted by molar-refractivity contribution is 1.18. The van der Waals surface area contributed by atoms with Gasteiger partial charge in [0, 0.05) is 39.1 Å². The summed E-state index contributed by atoms with van der Waals surface area (Å²) < 4.78 is 2.45. The third-order valence-corrected chi connectivity index (χ3v) is 15.0. The first-order chi connectivity index (χ1) is 36.7. The molecule has 2 nitrogen and oxygen atoms in total. The zero-order chi connectivity index (χ0) is 49.0. The number of benzene rings is 13. The molecule has 1 heterocycles. The summed E-state index contributed by atoms with van der Waals surface area (Å²) in [6.07, 6.45) is 0. The Labute approximate surface area is 430 Å². The van der Waals surface area contributed by atoms with E-state index in [1.54, 1.807) is 0 Å². The third-order valence-electron chi connectivity index (χ3n) is 15.0. The molecule has 1 aromatic heterocycles. The monoisotopic (exact) mass is 940 g/mol. The summed E-state index contributed by atoms with van der Waals surface area (Å²) >= 11 is 0. The molecular formula is C72H48N2. The SMILES string of the molecule is c1ccc(-c2cccc3c4c(-c5cccc(N(c6ccc(-c7ccc(-c8cccc9ccccc89)cc7)cc6)c6ccc(-c7ccc8c(ccc9ccccc98)c7)cc6)c5)cccc4n(-c4ccccc4)c23)cc1. The van der Waals surface area contributed by atoms with Gasteiger partial charge in [0.2, 0.25) is 0 Å². The molecule has 0 fully saturated rings. The lowest BCUT2D eigenvalue weighted by Crippen LogP contribution is -2.10. The van der Waals surface area contributed by atoms with Crippen LogP contribution in [0.1, 0.15) is 0 Å². The normalized spacial score (nSPS) is 11.5. The van der Waals surface area contributed by atoms with E-state index in [0.29, 0.717) is 0 Å². The van der Waals surface area contributed by atoms with Gasteiger partial charge < -0.3 is 9.47 Å². The van der Waals surface area contributed by atoms with Gasteiger partial charge in [-0.05, 0) is 143 Å². The number of aromatic nitrogens is 1. The van der Waals surface area contributed by atoms with Gasteiger partial charge in [0.1, 0.15) is 0 Å². The van der Waals surface area contributed by atoms with Crippen molar-refractivity contribution in [3.63, 3.8) is 0 Å². The first-order valence-corrected chi connectivity index (χ1v) is 25.5. The second-order valence-electron chi connectivity index (χ2n) is 19.2. The van der Waals surface area contributed by atoms with E-state index in [1.807, 2.05) is 0 Å². The van der Waals surface area contributed by atoms with Gasteiger partial charge in [-0.1, -0.05) is 231 Å². The molecule has 0 radical (unpaired) electrons. The van der Waals surface area contributed by atoms with E-state index in [1.165, 1.54) is 104 Å². The van der Waals surface area contributed by atoms with Crippen LogP contribution in [0.25, 0.3) is 115 Å². The standard InChI is InChI=1S/C72H48N2/c1-3-15-53(16-4-1)68-28-13-29-69-71-67(27-14-30-70(71)74(72(68)69)59-21-5-2-6-22-59)57-20-11-23-62(48-57)73(61-44-39-51(40-45-61)56-41-46-66-58(47-56)36-35-54-18-8-10-25-64(54)66)60-42-37-50(38-43-60)49-31-33-55(34-32-49)65-26-12-19-52-17-7-9-24-63(52)65/h1-48H. The fraction of sp³-hybridized carbons (Fsp3) is 0. The molecule has 0 bridgehead atoms. The highest BCUT2D eigenvalue weighted by Crippen LogP contribution is 2.45. The minimum absolute atomic E-state index is 1.08. The van der Waals surface area contributed by atoms with Gasteiger partial charge in [0.15, 0.2) is 0 Å². The maximum absolute atomic E-state index is 2.45. The van der Waals surface area contributed by atoms with Crippen molar-refractivity contribution >= 4 is 71.2 Å². The molecule has 14 aromatic rings. The number of anilines is 3. The van der Waals surface area contributed by atoms with Crippen LogP contribution < -0.4 is 4.90 Å². The highest BCUT2D eigenvalue weighted by Gasteiger charge is 2.21. The van der Waals surface area contributed by atoms with Crippen molar-refractivity contribution in [1.29, 1.82) is 0 Å². The Kier molecular flexibility index (Phi) is 10.6. The Bertz CT molecular complexity index is 4380. The van der Waals surface area contributed by atoms with Crippen LogP contribution in [0, 0.1) is 0 Å². The molecule has 0 amide bonds. The fourth-order valence-electron chi connectivity index (χ4n) is 11.4. The Hall–Kier alpha value is -9.76. The summed E-state index contributed by atoms with van der Waals surface area (Å²) in [5, 5.41) is 10.0. The molecule has 14 rings (SSSR count). The fourth-order valence-corrected chi connectivity index (χ4v) is 11.4. The van der Waals surface area contributed by atoms with E-state index in [0.717, 1.165) is 28.3 Å². The Balaban J connectivity index is 0.882. The second kappa shape index (κ2) is 18.1. The van der Waals surface area contributed by atoms with E-state index >= 15 is 0 Å². The molecule has 346 valence electrons. The minimum atomic E-state index is 1.08. The maximum Gasteiger partial charge on any atom is 0.0619 e. The molecule has 0 saturated heterocycles. The molecule has 0 N–H and O–H groups in total. The van der Waals surface area contributed by atoms with Gasteiger partial charge in [-0.25, -0.2) is 0 Å². The molecular weight excluding hydrogens is 893 g/mol. The van der Waals surface area contributed by atoms with E-state index in [9.17, 15) is 0 Å². The van der Waals surface area contributed by atoms with E-state index < -0.39 is 0 Å². The van der Waals surface area contributed by atoms with Crippen LogP contribution in [0.4, 0.5) is 17.1 Å². The number of rotatable bonds is 9. The maximum atomic E-state index is 2.45. The van der Waals surface area contributed by atoms with Crippen LogP contribution in [0.15, 0.2) is 291 Å². The first-order valence-electron chi connectivity index (χ1n) is 25.5. The average molecular weight is 941 g/mol. The number of para-hydroxylation sites is 2. The number of hydrogen-bond donors (Lipinski definition) is 0. The quantitative estimate of drug-likeness (QED) is 0.131. The molecule has 0 aliphatic heterocycles. The third kappa shape index (κ3) is 7.52. The predicted molar refractivity (Wildman–Crippen MR) is 315 cm³/mol. The number of hydrogen-bond acceptors (Lipinski definition) is 1. The predicted octanol–water partition coefficient (Wildman–Crippen LogP) is 20.0. The molecule has 13 aromatic carbocycles. The Morgan fingerprint density at radius 1 is 0.243 bits per heavy atom. The zero-order valence-electron chi connectivity index (χ0n) is 40.6. The lowest BCUT2D eigenvalue weighted by atomic mass is 9.96. The molecule has 2 heteroatoms. The van der Waals surface area contributed by atoms with Gasteiger partial charge in [0.25, 0.3) is 0 Å². The van der Waals surface area contributed by atoms with Gasteiger partial charge in [-0.2, -0.15) is 0 Å². The van der Waals surface area contributed by atoms with E-state index in [2.05, 4.69) is 301 Å². The van der Waals surface area contributed by atoms with Crippen molar-refractivity contribution < 1.29 is 0 Å². The lowest BCUT2D eigenvalue weighted by Gasteiger charge is -2.26. The minimum Gasteiger partial charge on any atom is -0.310 e. The number of nitrogens with zero attached hydrogens (tertiary/aromatic N) is 2. The van der Waals surface area contributed by atoms with Crippen molar-refractivity contribution in [1.82, 2.24) is 4.57 Å². The van der Waals surface area contributed by atoms with Crippen molar-refractivity contribution in [3.8, 4) is 61.3 Å². The molecule has 0 atom stereocenters. The smallest absolute Gasteiger partial charge is 0.0619 e. The van der Waals surface area contributed by atoms with Gasteiger partial charge in [-0.3, -0.25) is 0 Å². The van der Waals surface area contributed by atoms with Crippen LogP contribution >= 0.6 is 0 Å². The largest absolute Gasteiger partial charge is 0.310 e. The molecule has 0 spiro atoms. The zero-order valence-corrected chi connectivity index (χ0v) is 40.6. The number of fused-ring (bicyclic) bond motifs is 7. The summed E-state index contributed by atoms with van der Waals surface area (Å²) in [5.41, 5.74) is 18.7. The van der Waals surface area contributed by atoms with Crippen molar-refractivity contribution in [2.24, 2.45) is 0 Å². The van der Waals surface area contributed by atoms with Crippen LogP contribution in [0.5, 0.6) is 0 Å². The summed E-state index contributed by atoms with van der Waals surface area (Å²) in [7, 11) is 0. The Morgan fingerprint density at radius 2 is 0.730 bits per heavy atom. The second-order valence-corrected chi connectivity index (χ2v) is 19.2. The summed E-state index contributed by atoms with van der Waals surface area (Å²) in [4.78, 5) is 2.40. The highest BCUT2D eigenvalue weighted by molar-refractivity contribution is 6.19. The summed E-state index contributed by atoms with van der Waals surface area (Å²) in [6.45, 7) is 0. The van der Waals surface area contributed by atoms with Crippen LogP contribution in [-0.2, 0) is 0 Å². The molecule has 0 aliphatic carbocycles. The summed E-state index contributed by atoms with van der Waals surface area (Å²) in [5.74, 6) is 0. The van der Waals surface area contributed by atoms with Gasteiger partial charge in [0.05, 0.1) is 11.0 Å². The van der Waals surface area contributed by atoms with Gasteiger partial charge >= 0.3 is 0 Å². The van der Waals surface area contributed by atoms with Crippen molar-refractivity contribution in [3.05, 3.63) is 291 Å². The highest BCUT2D eigenvalue weighted by atomic mass is 15.1. The molecule has 0 aliphatic rings. The van der Waals surface area contributed by atoms with E-state index in [4.69, 9.17) is 0 Å². The molecule has 74 heavy (non-hydrogen) atoms. The van der Waals surface area contributed by atoms with Crippen LogP contribution in [-0.4, -0.2) is 4.57 Å². The molecule has 0 saturated carbocycles. The van der Waals surface area contributed by atoms with Gasteiger partial charge in [-0.15, -0.1) is 0 Å². The first kappa shape index (κ1) is 43.1. The van der Waals surface area contributed by atoms with E-state index in [-0.39, 0.29) is 0 Å². The summed E-state index contributed by atoms with van der Waals surface area (Å²) in [6, 6.07) is 106.